The summed E-state index contributed by atoms with van der Waals surface area (Å²) in [6, 6.07) is 2.73. The molecule has 1 aliphatic heterocycles. The van der Waals surface area contributed by atoms with E-state index in [0.717, 1.165) is 45.3 Å². The first-order valence-electron chi connectivity index (χ1n) is 8.72. The largest absolute Gasteiger partial charge is 0.334 e. The fourth-order valence-corrected chi connectivity index (χ4v) is 3.10. The molecule has 0 bridgehead atoms. The van der Waals surface area contributed by atoms with Crippen molar-refractivity contribution in [2.24, 2.45) is 5.92 Å². The zero-order valence-electron chi connectivity index (χ0n) is 13.8. The molecule has 1 atom stereocenters. The second kappa shape index (κ2) is 6.82. The van der Waals surface area contributed by atoms with Crippen LogP contribution in [-0.2, 0) is 0 Å². The number of piperidine rings is 1. The Morgan fingerprint density at radius 3 is 2.91 bits per heavy atom. The minimum atomic E-state index is 0.116. The van der Waals surface area contributed by atoms with Crippen LogP contribution in [0, 0.1) is 5.92 Å². The van der Waals surface area contributed by atoms with E-state index in [1.54, 1.807) is 0 Å². The van der Waals surface area contributed by atoms with E-state index in [-0.39, 0.29) is 5.91 Å². The average molecular weight is 304 g/mol. The van der Waals surface area contributed by atoms with Gasteiger partial charge in [-0.2, -0.15) is 5.10 Å². The zero-order chi connectivity index (χ0) is 15.5. The second-order valence-corrected chi connectivity index (χ2v) is 7.09. The fourth-order valence-electron chi connectivity index (χ4n) is 3.10. The minimum Gasteiger partial charge on any atom is -0.334 e. The van der Waals surface area contributed by atoms with Gasteiger partial charge < -0.3 is 10.2 Å². The van der Waals surface area contributed by atoms with Gasteiger partial charge in [-0.3, -0.25) is 9.48 Å². The van der Waals surface area contributed by atoms with Crippen molar-refractivity contribution in [2.75, 3.05) is 19.6 Å². The van der Waals surface area contributed by atoms with Crippen LogP contribution in [0.2, 0.25) is 0 Å². The van der Waals surface area contributed by atoms with E-state index in [4.69, 9.17) is 0 Å². The lowest BCUT2D eigenvalue weighted by molar-refractivity contribution is 0.0728. The van der Waals surface area contributed by atoms with Gasteiger partial charge in [0.05, 0.1) is 6.04 Å². The standard InChI is InChI=1S/C17H28N4O/c1-13(2)7-10-20(14-5-6-14)17(22)16-8-11-21(19-16)15-4-3-9-18-12-15/h8,11,13-15,18H,3-7,9-10,12H2,1-2H3. The Morgan fingerprint density at radius 2 is 2.27 bits per heavy atom. The highest BCUT2D eigenvalue weighted by Crippen LogP contribution is 2.29. The summed E-state index contributed by atoms with van der Waals surface area (Å²) in [5.74, 6) is 0.741. The number of hydrogen-bond donors (Lipinski definition) is 1. The van der Waals surface area contributed by atoms with Gasteiger partial charge in [0.2, 0.25) is 0 Å². The molecule has 1 aromatic heterocycles. The average Bonchev–Trinajstić information content (AvgIpc) is 3.23. The molecule has 1 aliphatic carbocycles. The first kappa shape index (κ1) is 15.5. The van der Waals surface area contributed by atoms with E-state index in [9.17, 15) is 4.79 Å². The lowest BCUT2D eigenvalue weighted by atomic mass is 10.1. The van der Waals surface area contributed by atoms with Crippen molar-refractivity contribution >= 4 is 5.91 Å². The summed E-state index contributed by atoms with van der Waals surface area (Å²) in [5, 5.41) is 7.98. The molecule has 0 aromatic carbocycles. The third-order valence-electron chi connectivity index (χ3n) is 4.67. The summed E-state index contributed by atoms with van der Waals surface area (Å²) in [5.41, 5.74) is 0.612. The van der Waals surface area contributed by atoms with Crippen LogP contribution in [0.1, 0.15) is 62.5 Å². The summed E-state index contributed by atoms with van der Waals surface area (Å²) in [7, 11) is 0. The molecule has 5 heteroatoms. The van der Waals surface area contributed by atoms with Crippen molar-refractivity contribution in [1.82, 2.24) is 20.0 Å². The molecule has 1 saturated carbocycles. The monoisotopic (exact) mass is 304 g/mol. The highest BCUT2D eigenvalue weighted by Gasteiger charge is 2.33. The van der Waals surface area contributed by atoms with Crippen LogP contribution < -0.4 is 5.32 Å². The fraction of sp³-hybridized carbons (Fsp3) is 0.765. The van der Waals surface area contributed by atoms with Crippen molar-refractivity contribution < 1.29 is 4.79 Å². The Balaban J connectivity index is 1.66. The van der Waals surface area contributed by atoms with Crippen molar-refractivity contribution in [1.29, 1.82) is 0 Å². The highest BCUT2D eigenvalue weighted by molar-refractivity contribution is 5.92. The van der Waals surface area contributed by atoms with Crippen LogP contribution in [0.15, 0.2) is 12.3 Å². The van der Waals surface area contributed by atoms with Gasteiger partial charge in [-0.25, -0.2) is 0 Å². The Kier molecular flexibility index (Phi) is 4.81. The summed E-state index contributed by atoms with van der Waals surface area (Å²) in [6.45, 7) is 7.32. The van der Waals surface area contributed by atoms with Gasteiger partial charge in [0.1, 0.15) is 5.69 Å². The van der Waals surface area contributed by atoms with Gasteiger partial charge in [0.15, 0.2) is 0 Å². The van der Waals surface area contributed by atoms with Crippen LogP contribution in [0.4, 0.5) is 0 Å². The summed E-state index contributed by atoms with van der Waals surface area (Å²) in [6.07, 6.45) is 7.65. The summed E-state index contributed by atoms with van der Waals surface area (Å²) in [4.78, 5) is 14.8. The van der Waals surface area contributed by atoms with Gasteiger partial charge in [-0.05, 0) is 50.6 Å². The molecule has 2 aliphatic rings. The normalized spacial score (nSPS) is 22.0. The minimum absolute atomic E-state index is 0.116. The third kappa shape index (κ3) is 3.69. The molecule has 1 N–H and O–H groups in total. The molecule has 0 radical (unpaired) electrons. The SMILES string of the molecule is CC(C)CCN(C(=O)c1ccn(C2CCCNC2)n1)C1CC1. The van der Waals surface area contributed by atoms with E-state index < -0.39 is 0 Å². The third-order valence-corrected chi connectivity index (χ3v) is 4.67. The van der Waals surface area contributed by atoms with E-state index in [1.807, 2.05) is 21.8 Å². The number of nitrogens with zero attached hydrogens (tertiary/aromatic N) is 3. The van der Waals surface area contributed by atoms with Crippen LogP contribution in [0.3, 0.4) is 0 Å². The highest BCUT2D eigenvalue weighted by atomic mass is 16.2. The Labute approximate surface area is 133 Å². The first-order valence-corrected chi connectivity index (χ1v) is 8.72. The van der Waals surface area contributed by atoms with E-state index >= 15 is 0 Å². The van der Waals surface area contributed by atoms with Gasteiger partial charge in [-0.1, -0.05) is 13.8 Å². The van der Waals surface area contributed by atoms with Crippen LogP contribution in [0.5, 0.6) is 0 Å². The number of carbonyl (C=O) groups excluding carboxylic acids is 1. The zero-order valence-corrected chi connectivity index (χ0v) is 13.8. The molecule has 122 valence electrons. The number of hydrogen-bond acceptors (Lipinski definition) is 3. The van der Waals surface area contributed by atoms with E-state index in [2.05, 4.69) is 24.3 Å². The lowest BCUT2D eigenvalue weighted by Crippen LogP contribution is -2.35. The van der Waals surface area contributed by atoms with Crippen LogP contribution in [-0.4, -0.2) is 46.3 Å². The molecule has 22 heavy (non-hydrogen) atoms. The molecule has 2 heterocycles. The van der Waals surface area contributed by atoms with Gasteiger partial charge >= 0.3 is 0 Å². The Hall–Kier alpha value is -1.36. The van der Waals surface area contributed by atoms with Crippen molar-refractivity contribution in [3.63, 3.8) is 0 Å². The molecule has 0 spiro atoms. The maximum Gasteiger partial charge on any atom is 0.274 e. The van der Waals surface area contributed by atoms with E-state index in [1.165, 1.54) is 6.42 Å². The smallest absolute Gasteiger partial charge is 0.274 e. The number of amides is 1. The maximum atomic E-state index is 12.8. The number of carbonyl (C=O) groups is 1. The number of aromatic nitrogens is 2. The molecule has 1 amide bonds. The molecule has 1 aromatic rings. The molecule has 1 unspecified atom stereocenters. The Bertz CT molecular complexity index is 501. The van der Waals surface area contributed by atoms with Gasteiger partial charge in [0, 0.05) is 25.3 Å². The maximum absolute atomic E-state index is 12.8. The Morgan fingerprint density at radius 1 is 1.45 bits per heavy atom. The summed E-state index contributed by atoms with van der Waals surface area (Å²) >= 11 is 0. The first-order chi connectivity index (χ1) is 10.6. The molecular weight excluding hydrogens is 276 g/mol. The molecule has 5 nitrogen and oxygen atoms in total. The molecule has 1 saturated heterocycles. The lowest BCUT2D eigenvalue weighted by Gasteiger charge is -2.24. The van der Waals surface area contributed by atoms with Gasteiger partial charge in [0.25, 0.3) is 5.91 Å². The predicted octanol–water partition coefficient (Wildman–Crippen LogP) is 2.46. The van der Waals surface area contributed by atoms with Crippen molar-refractivity contribution in [3.8, 4) is 0 Å². The van der Waals surface area contributed by atoms with Crippen LogP contribution >= 0.6 is 0 Å². The van der Waals surface area contributed by atoms with Crippen molar-refractivity contribution in [3.05, 3.63) is 18.0 Å². The number of rotatable bonds is 6. The predicted molar refractivity (Wildman–Crippen MR) is 86.9 cm³/mol. The second-order valence-electron chi connectivity index (χ2n) is 7.09. The topological polar surface area (TPSA) is 50.2 Å². The van der Waals surface area contributed by atoms with Crippen molar-refractivity contribution in [2.45, 2.75) is 58.0 Å². The van der Waals surface area contributed by atoms with Gasteiger partial charge in [-0.15, -0.1) is 0 Å². The quantitative estimate of drug-likeness (QED) is 0.878. The summed E-state index contributed by atoms with van der Waals surface area (Å²) < 4.78 is 1.98. The molecular formula is C17H28N4O. The molecule has 2 fully saturated rings. The van der Waals surface area contributed by atoms with Crippen LogP contribution in [0.25, 0.3) is 0 Å². The number of nitrogens with one attached hydrogen (secondary N) is 1. The molecule has 3 rings (SSSR count). The van der Waals surface area contributed by atoms with E-state index in [0.29, 0.717) is 23.7 Å².